The van der Waals surface area contributed by atoms with Crippen molar-refractivity contribution in [2.45, 2.75) is 46.2 Å². The molecule has 0 aliphatic heterocycles. The largest absolute Gasteiger partial charge is 0.467 e. The van der Waals surface area contributed by atoms with Gasteiger partial charge in [0.1, 0.15) is 5.76 Å². The lowest BCUT2D eigenvalue weighted by Crippen LogP contribution is -2.42. The Kier molecular flexibility index (Phi) is 7.93. The molecule has 1 heterocycles. The number of hydrogen-bond donors (Lipinski definition) is 0. The van der Waals surface area contributed by atoms with Crippen molar-refractivity contribution in [2.24, 2.45) is 0 Å². The Bertz CT molecular complexity index is 668. The molecule has 26 heavy (non-hydrogen) atoms. The van der Waals surface area contributed by atoms with Crippen LogP contribution in [0.15, 0.2) is 53.1 Å². The van der Waals surface area contributed by atoms with Crippen LogP contribution in [0.25, 0.3) is 0 Å². The first kappa shape index (κ1) is 19.8. The second-order valence-electron chi connectivity index (χ2n) is 6.38. The van der Waals surface area contributed by atoms with Gasteiger partial charge in [-0.25, -0.2) is 0 Å². The fraction of sp³-hybridized carbons (Fsp3) is 0.429. The standard InChI is InChI=1S/C21H28N2O3/c1-3-9-20(24)22(13-4-2)17-21(25)23(16-19-12-8-14-26-19)15-18-10-6-5-7-11-18/h5-8,10-12,14H,3-4,9,13,15-17H2,1-2H3. The molecule has 1 aromatic carbocycles. The van der Waals surface area contributed by atoms with Crippen molar-refractivity contribution in [3.63, 3.8) is 0 Å². The van der Waals surface area contributed by atoms with Crippen LogP contribution < -0.4 is 0 Å². The Hall–Kier alpha value is -2.56. The average Bonchev–Trinajstić information content (AvgIpc) is 3.15. The summed E-state index contributed by atoms with van der Waals surface area (Å²) >= 11 is 0. The predicted molar refractivity (Wildman–Crippen MR) is 101 cm³/mol. The van der Waals surface area contributed by atoms with Crippen LogP contribution >= 0.6 is 0 Å². The summed E-state index contributed by atoms with van der Waals surface area (Å²) in [6.07, 6.45) is 3.70. The minimum absolute atomic E-state index is 0.0420. The van der Waals surface area contributed by atoms with Gasteiger partial charge in [-0.3, -0.25) is 9.59 Å². The molecule has 0 atom stereocenters. The molecule has 2 aromatic rings. The van der Waals surface area contributed by atoms with E-state index in [2.05, 4.69) is 0 Å². The van der Waals surface area contributed by atoms with Gasteiger partial charge in [-0.2, -0.15) is 0 Å². The molecule has 0 radical (unpaired) electrons. The second kappa shape index (κ2) is 10.4. The third-order valence-electron chi connectivity index (χ3n) is 4.13. The molecule has 0 saturated heterocycles. The van der Waals surface area contributed by atoms with E-state index < -0.39 is 0 Å². The number of benzene rings is 1. The number of carbonyl (C=O) groups excluding carboxylic acids is 2. The van der Waals surface area contributed by atoms with E-state index in [9.17, 15) is 9.59 Å². The van der Waals surface area contributed by atoms with Gasteiger partial charge in [-0.05, 0) is 30.5 Å². The maximum atomic E-state index is 13.0. The molecule has 2 amide bonds. The van der Waals surface area contributed by atoms with E-state index in [4.69, 9.17) is 4.42 Å². The van der Waals surface area contributed by atoms with Crippen LogP contribution in [0.3, 0.4) is 0 Å². The van der Waals surface area contributed by atoms with E-state index in [1.54, 1.807) is 16.1 Å². The van der Waals surface area contributed by atoms with Gasteiger partial charge in [0.15, 0.2) is 0 Å². The quantitative estimate of drug-likeness (QED) is 0.650. The molecule has 0 N–H and O–H groups in total. The highest BCUT2D eigenvalue weighted by Crippen LogP contribution is 2.12. The summed E-state index contributed by atoms with van der Waals surface area (Å²) in [5.74, 6) is 0.708. The number of nitrogens with zero attached hydrogens (tertiary/aromatic N) is 2. The molecule has 5 heteroatoms. The van der Waals surface area contributed by atoms with Gasteiger partial charge in [0.25, 0.3) is 0 Å². The Labute approximate surface area is 155 Å². The summed E-state index contributed by atoms with van der Waals surface area (Å²) in [4.78, 5) is 28.7. The van der Waals surface area contributed by atoms with E-state index >= 15 is 0 Å². The van der Waals surface area contributed by atoms with Crippen LogP contribution in [0.2, 0.25) is 0 Å². The van der Waals surface area contributed by atoms with Crippen molar-refractivity contribution < 1.29 is 14.0 Å². The molecule has 2 rings (SSSR count). The summed E-state index contributed by atoms with van der Waals surface area (Å²) in [5, 5.41) is 0. The van der Waals surface area contributed by atoms with Gasteiger partial charge in [-0.15, -0.1) is 0 Å². The van der Waals surface area contributed by atoms with Crippen molar-refractivity contribution in [1.82, 2.24) is 9.80 Å². The zero-order valence-corrected chi connectivity index (χ0v) is 15.7. The lowest BCUT2D eigenvalue weighted by atomic mass is 10.2. The third kappa shape index (κ3) is 6.06. The topological polar surface area (TPSA) is 53.8 Å². The van der Waals surface area contributed by atoms with Gasteiger partial charge in [0, 0.05) is 19.5 Å². The predicted octanol–water partition coefficient (Wildman–Crippen LogP) is 3.85. The first-order valence-corrected chi connectivity index (χ1v) is 9.25. The van der Waals surface area contributed by atoms with Crippen molar-refractivity contribution >= 4 is 11.8 Å². The Balaban J connectivity index is 2.11. The Morgan fingerprint density at radius 3 is 2.27 bits per heavy atom. The third-order valence-corrected chi connectivity index (χ3v) is 4.13. The highest BCUT2D eigenvalue weighted by atomic mass is 16.3. The van der Waals surface area contributed by atoms with Crippen molar-refractivity contribution in [1.29, 1.82) is 0 Å². The van der Waals surface area contributed by atoms with Gasteiger partial charge < -0.3 is 14.2 Å². The highest BCUT2D eigenvalue weighted by Gasteiger charge is 2.21. The van der Waals surface area contributed by atoms with Gasteiger partial charge in [-0.1, -0.05) is 44.2 Å². The summed E-state index contributed by atoms with van der Waals surface area (Å²) in [6, 6.07) is 13.5. The van der Waals surface area contributed by atoms with E-state index in [1.165, 1.54) is 0 Å². The second-order valence-corrected chi connectivity index (χ2v) is 6.38. The number of hydrogen-bond acceptors (Lipinski definition) is 3. The average molecular weight is 356 g/mol. The summed E-state index contributed by atoms with van der Waals surface area (Å²) in [6.45, 7) is 5.58. The summed E-state index contributed by atoms with van der Waals surface area (Å²) in [5.41, 5.74) is 1.05. The number of amides is 2. The van der Waals surface area contributed by atoms with Gasteiger partial charge in [0.05, 0.1) is 19.4 Å². The number of carbonyl (C=O) groups is 2. The van der Waals surface area contributed by atoms with Crippen LogP contribution in [-0.4, -0.2) is 34.7 Å². The molecule has 140 valence electrons. The van der Waals surface area contributed by atoms with Crippen LogP contribution in [-0.2, 0) is 22.7 Å². The van der Waals surface area contributed by atoms with E-state index in [1.807, 2.05) is 56.3 Å². The smallest absolute Gasteiger partial charge is 0.242 e. The lowest BCUT2D eigenvalue weighted by Gasteiger charge is -2.27. The lowest BCUT2D eigenvalue weighted by molar-refractivity contribution is -0.141. The first-order chi connectivity index (χ1) is 12.6. The molecule has 0 bridgehead atoms. The normalized spacial score (nSPS) is 10.5. The molecule has 5 nitrogen and oxygen atoms in total. The van der Waals surface area contributed by atoms with E-state index in [0.29, 0.717) is 26.1 Å². The molecule has 0 unspecified atom stereocenters. The fourth-order valence-corrected chi connectivity index (χ4v) is 2.82. The molecular formula is C21H28N2O3. The monoisotopic (exact) mass is 356 g/mol. The minimum Gasteiger partial charge on any atom is -0.467 e. The van der Waals surface area contributed by atoms with Gasteiger partial charge in [0.2, 0.25) is 11.8 Å². The molecule has 0 aliphatic carbocycles. The van der Waals surface area contributed by atoms with Crippen LogP contribution in [0.4, 0.5) is 0 Å². The highest BCUT2D eigenvalue weighted by molar-refractivity contribution is 5.84. The van der Waals surface area contributed by atoms with E-state index in [0.717, 1.165) is 24.2 Å². The van der Waals surface area contributed by atoms with Crippen molar-refractivity contribution in [3.8, 4) is 0 Å². The first-order valence-electron chi connectivity index (χ1n) is 9.25. The summed E-state index contributed by atoms with van der Waals surface area (Å²) < 4.78 is 5.42. The maximum Gasteiger partial charge on any atom is 0.242 e. The van der Waals surface area contributed by atoms with E-state index in [-0.39, 0.29) is 18.4 Å². The maximum absolute atomic E-state index is 13.0. The molecule has 0 saturated carbocycles. The van der Waals surface area contributed by atoms with Gasteiger partial charge >= 0.3 is 0 Å². The Morgan fingerprint density at radius 2 is 1.65 bits per heavy atom. The van der Waals surface area contributed by atoms with Crippen LogP contribution in [0.1, 0.15) is 44.4 Å². The Morgan fingerprint density at radius 1 is 0.885 bits per heavy atom. The molecular weight excluding hydrogens is 328 g/mol. The molecule has 1 aromatic heterocycles. The number of rotatable bonds is 10. The zero-order valence-electron chi connectivity index (χ0n) is 15.7. The minimum atomic E-state index is -0.0665. The molecule has 0 spiro atoms. The fourth-order valence-electron chi connectivity index (χ4n) is 2.82. The number of furan rings is 1. The van der Waals surface area contributed by atoms with Crippen molar-refractivity contribution in [2.75, 3.05) is 13.1 Å². The van der Waals surface area contributed by atoms with Crippen molar-refractivity contribution in [3.05, 3.63) is 60.1 Å². The van der Waals surface area contributed by atoms with Crippen LogP contribution in [0, 0.1) is 0 Å². The summed E-state index contributed by atoms with van der Waals surface area (Å²) in [7, 11) is 0. The zero-order chi connectivity index (χ0) is 18.8. The molecule has 0 fully saturated rings. The SMILES string of the molecule is CCCC(=O)N(CCC)CC(=O)N(Cc1ccccc1)Cc1ccco1. The molecule has 0 aliphatic rings. The van der Waals surface area contributed by atoms with Crippen LogP contribution in [0.5, 0.6) is 0 Å².